The topological polar surface area (TPSA) is 47.3 Å². The SMILES string of the molecule is CCC1SCCSC1C(CCC(C)(C)OC)NN. The summed E-state index contributed by atoms with van der Waals surface area (Å²) in [5, 5.41) is 1.36. The van der Waals surface area contributed by atoms with Gasteiger partial charge < -0.3 is 4.74 Å². The lowest BCUT2D eigenvalue weighted by Gasteiger charge is -2.36. The molecule has 0 aliphatic carbocycles. The van der Waals surface area contributed by atoms with Crippen molar-refractivity contribution in [2.24, 2.45) is 5.84 Å². The van der Waals surface area contributed by atoms with Gasteiger partial charge >= 0.3 is 0 Å². The van der Waals surface area contributed by atoms with E-state index in [0.29, 0.717) is 11.3 Å². The van der Waals surface area contributed by atoms with Gasteiger partial charge in [-0.2, -0.15) is 23.5 Å². The average Bonchev–Trinajstić information content (AvgIpc) is 2.40. The van der Waals surface area contributed by atoms with E-state index in [0.717, 1.165) is 18.1 Å². The summed E-state index contributed by atoms with van der Waals surface area (Å²) in [5.74, 6) is 8.30. The van der Waals surface area contributed by atoms with E-state index in [-0.39, 0.29) is 5.60 Å². The van der Waals surface area contributed by atoms with Crippen LogP contribution in [0.5, 0.6) is 0 Å². The summed E-state index contributed by atoms with van der Waals surface area (Å²) in [6.45, 7) is 6.56. The Morgan fingerprint density at radius 1 is 1.39 bits per heavy atom. The molecule has 0 aromatic rings. The molecule has 0 bridgehead atoms. The first-order valence-electron chi connectivity index (χ1n) is 6.78. The van der Waals surface area contributed by atoms with Crippen LogP contribution in [0.3, 0.4) is 0 Å². The molecule has 3 unspecified atom stereocenters. The van der Waals surface area contributed by atoms with E-state index in [1.165, 1.54) is 17.9 Å². The van der Waals surface area contributed by atoms with Crippen LogP contribution in [0.25, 0.3) is 0 Å². The molecule has 0 amide bonds. The van der Waals surface area contributed by atoms with E-state index in [1.54, 1.807) is 7.11 Å². The Morgan fingerprint density at radius 2 is 2.06 bits per heavy atom. The maximum absolute atomic E-state index is 5.78. The second-order valence-electron chi connectivity index (χ2n) is 5.43. The number of nitrogens with two attached hydrogens (primary N) is 1. The molecule has 0 radical (unpaired) electrons. The minimum atomic E-state index is -0.0523. The fourth-order valence-electron chi connectivity index (χ4n) is 2.26. The first kappa shape index (κ1) is 16.6. The predicted molar refractivity (Wildman–Crippen MR) is 84.2 cm³/mol. The maximum Gasteiger partial charge on any atom is 0.0623 e. The minimum Gasteiger partial charge on any atom is -0.379 e. The van der Waals surface area contributed by atoms with Crippen LogP contribution in [-0.4, -0.2) is 40.8 Å². The van der Waals surface area contributed by atoms with Crippen LogP contribution in [0.15, 0.2) is 0 Å². The molecule has 0 spiro atoms. The van der Waals surface area contributed by atoms with Gasteiger partial charge in [-0.25, -0.2) is 0 Å². The molecule has 1 fully saturated rings. The highest BCUT2D eigenvalue weighted by Crippen LogP contribution is 2.36. The zero-order valence-electron chi connectivity index (χ0n) is 12.1. The molecule has 1 heterocycles. The van der Waals surface area contributed by atoms with Crippen molar-refractivity contribution in [2.45, 2.75) is 62.2 Å². The van der Waals surface area contributed by atoms with Crippen molar-refractivity contribution in [1.29, 1.82) is 0 Å². The Bertz CT molecular complexity index is 239. The molecule has 0 aromatic carbocycles. The number of hydrogen-bond donors (Lipinski definition) is 2. The Balaban J connectivity index is 2.53. The Hall–Kier alpha value is 0.580. The van der Waals surface area contributed by atoms with Crippen LogP contribution in [0.2, 0.25) is 0 Å². The molecule has 1 aliphatic rings. The summed E-state index contributed by atoms with van der Waals surface area (Å²) in [7, 11) is 1.78. The van der Waals surface area contributed by atoms with Crippen molar-refractivity contribution < 1.29 is 4.74 Å². The number of hydrogen-bond acceptors (Lipinski definition) is 5. The fourth-order valence-corrected chi connectivity index (χ4v) is 5.54. The van der Waals surface area contributed by atoms with Crippen LogP contribution in [0, 0.1) is 0 Å². The quantitative estimate of drug-likeness (QED) is 0.558. The summed E-state index contributed by atoms with van der Waals surface area (Å²) in [6, 6.07) is 0.391. The first-order chi connectivity index (χ1) is 8.54. The van der Waals surface area contributed by atoms with Crippen molar-refractivity contribution in [3.63, 3.8) is 0 Å². The number of thioether (sulfide) groups is 2. The molecular weight excluding hydrogens is 264 g/mol. The highest BCUT2D eigenvalue weighted by Gasteiger charge is 2.32. The molecule has 108 valence electrons. The van der Waals surface area contributed by atoms with E-state index in [4.69, 9.17) is 10.6 Å². The fraction of sp³-hybridized carbons (Fsp3) is 1.00. The second kappa shape index (κ2) is 8.00. The van der Waals surface area contributed by atoms with Gasteiger partial charge in [0.05, 0.1) is 5.60 Å². The van der Waals surface area contributed by atoms with Gasteiger partial charge in [0.15, 0.2) is 0 Å². The first-order valence-corrected chi connectivity index (χ1v) is 8.88. The van der Waals surface area contributed by atoms with Gasteiger partial charge in [-0.1, -0.05) is 6.92 Å². The number of nitrogens with one attached hydrogen (secondary N) is 1. The summed E-state index contributed by atoms with van der Waals surface area (Å²) in [5.41, 5.74) is 2.99. The van der Waals surface area contributed by atoms with Gasteiger partial charge in [0.1, 0.15) is 0 Å². The third kappa shape index (κ3) is 4.93. The molecule has 3 atom stereocenters. The number of hydrazine groups is 1. The zero-order chi connectivity index (χ0) is 13.6. The lowest BCUT2D eigenvalue weighted by molar-refractivity contribution is 0.0116. The molecule has 5 heteroatoms. The van der Waals surface area contributed by atoms with Crippen LogP contribution >= 0.6 is 23.5 Å². The van der Waals surface area contributed by atoms with Crippen molar-refractivity contribution in [3.8, 4) is 0 Å². The molecular formula is C13H28N2OS2. The number of methoxy groups -OCH3 is 1. The van der Waals surface area contributed by atoms with Crippen LogP contribution in [0.1, 0.15) is 40.0 Å². The van der Waals surface area contributed by atoms with Crippen LogP contribution < -0.4 is 11.3 Å². The normalized spacial score (nSPS) is 27.2. The second-order valence-corrected chi connectivity index (χ2v) is 8.06. The summed E-state index contributed by atoms with van der Waals surface area (Å²) >= 11 is 4.19. The zero-order valence-corrected chi connectivity index (χ0v) is 13.7. The summed E-state index contributed by atoms with van der Waals surface area (Å²) in [6.07, 6.45) is 3.34. The number of rotatable bonds is 7. The minimum absolute atomic E-state index is 0.0523. The van der Waals surface area contributed by atoms with Crippen molar-refractivity contribution in [1.82, 2.24) is 5.43 Å². The molecule has 1 saturated heterocycles. The van der Waals surface area contributed by atoms with E-state index < -0.39 is 0 Å². The van der Waals surface area contributed by atoms with E-state index in [2.05, 4.69) is 49.7 Å². The predicted octanol–water partition coefficient (Wildman–Crippen LogP) is 2.65. The lowest BCUT2D eigenvalue weighted by Crippen LogP contribution is -2.48. The van der Waals surface area contributed by atoms with E-state index >= 15 is 0 Å². The third-order valence-electron chi connectivity index (χ3n) is 3.72. The van der Waals surface area contributed by atoms with E-state index in [9.17, 15) is 0 Å². The average molecular weight is 293 g/mol. The Labute approximate surface area is 120 Å². The summed E-state index contributed by atoms with van der Waals surface area (Å²) in [4.78, 5) is 0. The molecule has 1 aliphatic heterocycles. The lowest BCUT2D eigenvalue weighted by atomic mass is 9.96. The largest absolute Gasteiger partial charge is 0.379 e. The molecule has 3 nitrogen and oxygen atoms in total. The van der Waals surface area contributed by atoms with Crippen molar-refractivity contribution >= 4 is 23.5 Å². The van der Waals surface area contributed by atoms with Crippen LogP contribution in [-0.2, 0) is 4.74 Å². The molecule has 0 saturated carbocycles. The molecule has 1 rings (SSSR count). The van der Waals surface area contributed by atoms with Crippen LogP contribution in [0.4, 0.5) is 0 Å². The van der Waals surface area contributed by atoms with Gasteiger partial charge in [0.2, 0.25) is 0 Å². The van der Waals surface area contributed by atoms with Gasteiger partial charge in [-0.05, 0) is 33.1 Å². The standard InChI is InChI=1S/C13H28N2OS2/c1-5-11-12(18-9-8-17-11)10(15-14)6-7-13(2,3)16-4/h10-12,15H,5-9,14H2,1-4H3. The van der Waals surface area contributed by atoms with Crippen molar-refractivity contribution in [3.05, 3.63) is 0 Å². The van der Waals surface area contributed by atoms with Gasteiger partial charge in [0, 0.05) is 35.2 Å². The molecule has 0 aromatic heterocycles. The highest BCUT2D eigenvalue weighted by molar-refractivity contribution is 8.07. The van der Waals surface area contributed by atoms with E-state index in [1.807, 2.05) is 0 Å². The highest BCUT2D eigenvalue weighted by atomic mass is 32.2. The number of ether oxygens (including phenoxy) is 1. The summed E-state index contributed by atoms with van der Waals surface area (Å²) < 4.78 is 5.49. The maximum atomic E-state index is 5.78. The Kier molecular flexibility index (Phi) is 7.39. The smallest absolute Gasteiger partial charge is 0.0623 e. The van der Waals surface area contributed by atoms with Crippen molar-refractivity contribution in [2.75, 3.05) is 18.6 Å². The third-order valence-corrected chi connectivity index (χ3v) is 7.12. The van der Waals surface area contributed by atoms with Gasteiger partial charge in [-0.15, -0.1) is 0 Å². The molecule has 3 N–H and O–H groups in total. The van der Waals surface area contributed by atoms with Gasteiger partial charge in [-0.3, -0.25) is 11.3 Å². The van der Waals surface area contributed by atoms with Gasteiger partial charge in [0.25, 0.3) is 0 Å². The Morgan fingerprint density at radius 3 is 2.61 bits per heavy atom. The monoisotopic (exact) mass is 292 g/mol. The molecule has 18 heavy (non-hydrogen) atoms.